The number of aromatic nitrogens is 1. The number of aryl methyl sites for hydroxylation is 1. The molecule has 1 aliphatic heterocycles. The fourth-order valence-corrected chi connectivity index (χ4v) is 4.51. The number of aromatic amines is 1. The number of carbonyl (C=O) groups excluding carboxylic acids is 1. The van der Waals surface area contributed by atoms with Crippen molar-refractivity contribution in [2.75, 3.05) is 40.4 Å². The molecule has 0 saturated carbocycles. The lowest BCUT2D eigenvalue weighted by molar-refractivity contribution is 0.0688. The van der Waals surface area contributed by atoms with Crippen LogP contribution in [0.2, 0.25) is 0 Å². The molecule has 0 spiro atoms. The number of hydrogen-bond donors (Lipinski definition) is 1. The number of piperazine rings is 1. The van der Waals surface area contributed by atoms with Crippen LogP contribution < -0.4 is 9.47 Å². The maximum atomic E-state index is 13.3. The molecule has 1 aliphatic rings. The number of Topliss-reactive ketones (excluding diaryl/α,β-unsaturated/α-hetero) is 1. The number of hydrogen-bond acceptors (Lipinski definition) is 5. The van der Waals surface area contributed by atoms with Crippen LogP contribution in [0.15, 0.2) is 42.5 Å². The standard InChI is InChI=1S/C25H31N3O3/c1-17-24(20-7-5-6-8-21(20)26-17)25(29)18(2)28-13-11-27(12-14-28)16-19-9-10-22(30-3)23(15-19)31-4/h5-10,15,18,26H,11-14,16H2,1-4H3/t18-/m1/s1. The van der Waals surface area contributed by atoms with Gasteiger partial charge in [-0.3, -0.25) is 14.6 Å². The fraction of sp³-hybridized carbons (Fsp3) is 0.400. The molecule has 0 unspecified atom stereocenters. The number of ether oxygens (including phenoxy) is 2. The van der Waals surface area contributed by atoms with E-state index in [0.29, 0.717) is 0 Å². The van der Waals surface area contributed by atoms with Crippen LogP contribution in [-0.4, -0.2) is 67.0 Å². The van der Waals surface area contributed by atoms with E-state index in [9.17, 15) is 4.79 Å². The highest BCUT2D eigenvalue weighted by atomic mass is 16.5. The van der Waals surface area contributed by atoms with Crippen molar-refractivity contribution in [2.45, 2.75) is 26.4 Å². The van der Waals surface area contributed by atoms with Crippen LogP contribution in [0, 0.1) is 6.92 Å². The first-order valence-electron chi connectivity index (χ1n) is 10.8. The Morgan fingerprint density at radius 3 is 2.45 bits per heavy atom. The van der Waals surface area contributed by atoms with E-state index in [1.54, 1.807) is 14.2 Å². The third-order valence-corrected chi connectivity index (χ3v) is 6.33. The summed E-state index contributed by atoms with van der Waals surface area (Å²) in [5.74, 6) is 1.70. The summed E-state index contributed by atoms with van der Waals surface area (Å²) in [5, 5.41) is 1.02. The van der Waals surface area contributed by atoms with Crippen LogP contribution in [0.4, 0.5) is 0 Å². The van der Waals surface area contributed by atoms with Gasteiger partial charge in [0, 0.05) is 54.9 Å². The van der Waals surface area contributed by atoms with Gasteiger partial charge in [-0.15, -0.1) is 0 Å². The molecule has 1 fully saturated rings. The predicted molar refractivity (Wildman–Crippen MR) is 123 cm³/mol. The Labute approximate surface area is 183 Å². The van der Waals surface area contributed by atoms with Crippen molar-refractivity contribution in [1.82, 2.24) is 14.8 Å². The Balaban J connectivity index is 1.39. The highest BCUT2D eigenvalue weighted by Crippen LogP contribution is 2.28. The molecule has 31 heavy (non-hydrogen) atoms. The summed E-state index contributed by atoms with van der Waals surface area (Å²) >= 11 is 0. The van der Waals surface area contributed by atoms with Crippen LogP contribution in [0.1, 0.15) is 28.5 Å². The number of H-pyrrole nitrogens is 1. The highest BCUT2D eigenvalue weighted by molar-refractivity contribution is 6.11. The number of nitrogens with one attached hydrogen (secondary N) is 1. The van der Waals surface area contributed by atoms with Crippen molar-refractivity contribution < 1.29 is 14.3 Å². The molecule has 6 heteroatoms. The molecule has 0 aliphatic carbocycles. The zero-order chi connectivity index (χ0) is 22.0. The summed E-state index contributed by atoms with van der Waals surface area (Å²) in [6.45, 7) is 8.49. The maximum Gasteiger partial charge on any atom is 0.182 e. The van der Waals surface area contributed by atoms with Gasteiger partial charge in [0.2, 0.25) is 0 Å². The summed E-state index contributed by atoms with van der Waals surface area (Å²) in [7, 11) is 3.31. The first-order chi connectivity index (χ1) is 15.0. The molecule has 164 valence electrons. The van der Waals surface area contributed by atoms with Gasteiger partial charge in [0.15, 0.2) is 17.3 Å². The second kappa shape index (κ2) is 9.12. The summed E-state index contributed by atoms with van der Waals surface area (Å²) in [6, 6.07) is 14.0. The minimum Gasteiger partial charge on any atom is -0.493 e. The minimum absolute atomic E-state index is 0.138. The van der Waals surface area contributed by atoms with Crippen molar-refractivity contribution in [3.8, 4) is 11.5 Å². The molecule has 0 bridgehead atoms. The summed E-state index contributed by atoms with van der Waals surface area (Å²) < 4.78 is 10.8. The first kappa shape index (κ1) is 21.4. The quantitative estimate of drug-likeness (QED) is 0.587. The molecule has 4 rings (SSSR count). The molecule has 1 aromatic heterocycles. The average Bonchev–Trinajstić information content (AvgIpc) is 3.14. The predicted octanol–water partition coefficient (Wildman–Crippen LogP) is 3.88. The number of fused-ring (bicyclic) bond motifs is 1. The third-order valence-electron chi connectivity index (χ3n) is 6.33. The van der Waals surface area contributed by atoms with Crippen LogP contribution in [0.5, 0.6) is 11.5 Å². The molecular formula is C25H31N3O3. The van der Waals surface area contributed by atoms with E-state index < -0.39 is 0 Å². The van der Waals surface area contributed by atoms with Gasteiger partial charge >= 0.3 is 0 Å². The van der Waals surface area contributed by atoms with Gasteiger partial charge in [-0.2, -0.15) is 0 Å². The first-order valence-corrected chi connectivity index (χ1v) is 10.8. The van der Waals surface area contributed by atoms with E-state index in [1.807, 2.05) is 50.2 Å². The van der Waals surface area contributed by atoms with Crippen molar-refractivity contribution >= 4 is 16.7 Å². The smallest absolute Gasteiger partial charge is 0.182 e. The largest absolute Gasteiger partial charge is 0.493 e. The van der Waals surface area contributed by atoms with E-state index in [1.165, 1.54) is 5.56 Å². The molecule has 2 heterocycles. The van der Waals surface area contributed by atoms with Gasteiger partial charge in [-0.1, -0.05) is 24.3 Å². The zero-order valence-electron chi connectivity index (χ0n) is 18.8. The van der Waals surface area contributed by atoms with E-state index in [2.05, 4.69) is 20.9 Å². The van der Waals surface area contributed by atoms with Gasteiger partial charge in [0.25, 0.3) is 0 Å². The fourth-order valence-electron chi connectivity index (χ4n) is 4.51. The second-order valence-electron chi connectivity index (χ2n) is 8.21. The van der Waals surface area contributed by atoms with Crippen LogP contribution in [-0.2, 0) is 6.54 Å². The third kappa shape index (κ3) is 4.31. The number of ketones is 1. The van der Waals surface area contributed by atoms with E-state index >= 15 is 0 Å². The molecule has 1 atom stereocenters. The number of benzene rings is 2. The van der Waals surface area contributed by atoms with Crippen LogP contribution >= 0.6 is 0 Å². The highest BCUT2D eigenvalue weighted by Gasteiger charge is 2.28. The average molecular weight is 422 g/mol. The van der Waals surface area contributed by atoms with Gasteiger partial charge in [-0.05, 0) is 37.6 Å². The summed E-state index contributed by atoms with van der Waals surface area (Å²) in [5.41, 5.74) is 4.00. The maximum absolute atomic E-state index is 13.3. The Morgan fingerprint density at radius 1 is 1.03 bits per heavy atom. The lowest BCUT2D eigenvalue weighted by Gasteiger charge is -2.37. The van der Waals surface area contributed by atoms with E-state index in [0.717, 1.165) is 66.4 Å². The second-order valence-corrected chi connectivity index (χ2v) is 8.21. The normalized spacial score (nSPS) is 16.4. The van der Waals surface area contributed by atoms with E-state index in [-0.39, 0.29) is 11.8 Å². The molecule has 3 aromatic rings. The number of methoxy groups -OCH3 is 2. The molecule has 0 radical (unpaired) electrons. The topological polar surface area (TPSA) is 57.8 Å². The summed E-state index contributed by atoms with van der Waals surface area (Å²) in [6.07, 6.45) is 0. The van der Waals surface area contributed by atoms with Gasteiger partial charge in [-0.25, -0.2) is 0 Å². The van der Waals surface area contributed by atoms with Gasteiger partial charge < -0.3 is 14.5 Å². The summed E-state index contributed by atoms with van der Waals surface area (Å²) in [4.78, 5) is 21.4. The Kier molecular flexibility index (Phi) is 6.30. The van der Waals surface area contributed by atoms with Gasteiger partial charge in [0.05, 0.1) is 20.3 Å². The van der Waals surface area contributed by atoms with Crippen molar-refractivity contribution in [3.05, 3.63) is 59.3 Å². The number of para-hydroxylation sites is 1. The van der Waals surface area contributed by atoms with Crippen LogP contribution in [0.25, 0.3) is 10.9 Å². The molecule has 1 N–H and O–H groups in total. The van der Waals surface area contributed by atoms with Crippen molar-refractivity contribution in [3.63, 3.8) is 0 Å². The van der Waals surface area contributed by atoms with Crippen molar-refractivity contribution in [1.29, 1.82) is 0 Å². The SMILES string of the molecule is COc1ccc(CN2CCN([C@H](C)C(=O)c3c(C)[nH]c4ccccc34)CC2)cc1OC. The minimum atomic E-state index is -0.138. The lowest BCUT2D eigenvalue weighted by atomic mass is 10.0. The van der Waals surface area contributed by atoms with Gasteiger partial charge in [0.1, 0.15) is 0 Å². The molecular weight excluding hydrogens is 390 g/mol. The Morgan fingerprint density at radius 2 is 1.74 bits per heavy atom. The number of rotatable bonds is 7. The van der Waals surface area contributed by atoms with Crippen LogP contribution in [0.3, 0.4) is 0 Å². The number of nitrogens with zero attached hydrogens (tertiary/aromatic N) is 2. The number of carbonyl (C=O) groups is 1. The molecule has 0 amide bonds. The van der Waals surface area contributed by atoms with E-state index in [4.69, 9.17) is 9.47 Å². The molecule has 1 saturated heterocycles. The molecule has 6 nitrogen and oxygen atoms in total. The monoisotopic (exact) mass is 421 g/mol. The zero-order valence-corrected chi connectivity index (χ0v) is 18.8. The lowest BCUT2D eigenvalue weighted by Crippen LogP contribution is -2.51. The van der Waals surface area contributed by atoms with Crippen molar-refractivity contribution in [2.24, 2.45) is 0 Å². The molecule has 2 aromatic carbocycles. The Hall–Kier alpha value is -2.83. The Bertz CT molecular complexity index is 1070.